The van der Waals surface area contributed by atoms with Gasteiger partial charge in [-0.1, -0.05) is 12.1 Å². The van der Waals surface area contributed by atoms with Crippen molar-refractivity contribution in [1.29, 1.82) is 0 Å². The Morgan fingerprint density at radius 3 is 2.19 bits per heavy atom. The summed E-state index contributed by atoms with van der Waals surface area (Å²) in [5, 5.41) is 0. The lowest BCUT2D eigenvalue weighted by Crippen LogP contribution is -2.36. The number of methoxy groups -OCH3 is 1. The van der Waals surface area contributed by atoms with E-state index in [1.54, 1.807) is 31.4 Å². The number of hydrogen-bond acceptors (Lipinski definition) is 4. The number of amides is 2. The summed E-state index contributed by atoms with van der Waals surface area (Å²) in [6, 6.07) is 14.4. The molecule has 2 aromatic rings. The molecule has 26 heavy (non-hydrogen) atoms. The minimum atomic E-state index is -0.493. The molecule has 0 aliphatic heterocycles. The Balaban J connectivity index is 1.59. The minimum Gasteiger partial charge on any atom is -0.497 e. The first-order chi connectivity index (χ1) is 12.6. The van der Waals surface area contributed by atoms with E-state index in [0.717, 1.165) is 24.2 Å². The van der Waals surface area contributed by atoms with E-state index in [-0.39, 0.29) is 18.6 Å². The van der Waals surface area contributed by atoms with Crippen LogP contribution >= 0.6 is 0 Å². The standard InChI is InChI=1S/C20H22N2O4/c1-25-17-8-2-14(3-9-17)12-22(16-6-7-16)19(23)13-26-18-10-4-15(5-11-18)20(21)24/h2-5,8-11,16H,6-7,12-13H2,1H3,(H2,21,24). The third-order valence-corrected chi connectivity index (χ3v) is 4.32. The molecule has 0 aromatic heterocycles. The molecular formula is C20H22N2O4. The molecule has 6 nitrogen and oxygen atoms in total. The van der Waals surface area contributed by atoms with Crippen LogP contribution in [0.1, 0.15) is 28.8 Å². The van der Waals surface area contributed by atoms with Crippen LogP contribution in [-0.4, -0.2) is 36.5 Å². The highest BCUT2D eigenvalue weighted by Crippen LogP contribution is 2.29. The quantitative estimate of drug-likeness (QED) is 0.789. The van der Waals surface area contributed by atoms with Crippen LogP contribution in [0.15, 0.2) is 48.5 Å². The largest absolute Gasteiger partial charge is 0.497 e. The van der Waals surface area contributed by atoms with Crippen molar-refractivity contribution in [2.45, 2.75) is 25.4 Å². The normalized spacial score (nSPS) is 13.1. The monoisotopic (exact) mass is 354 g/mol. The summed E-state index contributed by atoms with van der Waals surface area (Å²) in [7, 11) is 1.63. The van der Waals surface area contributed by atoms with Gasteiger partial charge in [0.1, 0.15) is 11.5 Å². The van der Waals surface area contributed by atoms with Gasteiger partial charge in [-0.2, -0.15) is 0 Å². The number of rotatable bonds is 8. The predicted octanol–water partition coefficient (Wildman–Crippen LogP) is 2.36. The Kier molecular flexibility index (Phi) is 5.41. The van der Waals surface area contributed by atoms with E-state index in [1.165, 1.54) is 0 Å². The van der Waals surface area contributed by atoms with Crippen molar-refractivity contribution < 1.29 is 19.1 Å². The van der Waals surface area contributed by atoms with Crippen LogP contribution in [0.5, 0.6) is 11.5 Å². The molecule has 0 atom stereocenters. The van der Waals surface area contributed by atoms with Crippen molar-refractivity contribution in [1.82, 2.24) is 4.90 Å². The molecule has 0 saturated heterocycles. The zero-order valence-corrected chi connectivity index (χ0v) is 14.7. The second kappa shape index (κ2) is 7.91. The lowest BCUT2D eigenvalue weighted by atomic mass is 10.2. The zero-order chi connectivity index (χ0) is 18.5. The van der Waals surface area contributed by atoms with Crippen LogP contribution < -0.4 is 15.2 Å². The predicted molar refractivity (Wildman–Crippen MR) is 97.0 cm³/mol. The van der Waals surface area contributed by atoms with Gasteiger partial charge >= 0.3 is 0 Å². The molecule has 3 rings (SSSR count). The number of carbonyl (C=O) groups excluding carboxylic acids is 2. The van der Waals surface area contributed by atoms with Crippen molar-refractivity contribution in [3.63, 3.8) is 0 Å². The van der Waals surface area contributed by atoms with Gasteiger partial charge in [0.05, 0.1) is 7.11 Å². The van der Waals surface area contributed by atoms with E-state index >= 15 is 0 Å². The molecule has 0 bridgehead atoms. The summed E-state index contributed by atoms with van der Waals surface area (Å²) in [6.07, 6.45) is 2.05. The summed E-state index contributed by atoms with van der Waals surface area (Å²) < 4.78 is 10.7. The Bertz CT molecular complexity index is 767. The van der Waals surface area contributed by atoms with Gasteiger partial charge in [-0.25, -0.2) is 0 Å². The maximum atomic E-state index is 12.6. The fourth-order valence-electron chi connectivity index (χ4n) is 2.68. The first-order valence-electron chi connectivity index (χ1n) is 8.52. The first kappa shape index (κ1) is 17.8. The van der Waals surface area contributed by atoms with Gasteiger partial charge in [0.2, 0.25) is 5.91 Å². The number of nitrogens with zero attached hydrogens (tertiary/aromatic N) is 1. The zero-order valence-electron chi connectivity index (χ0n) is 14.7. The third kappa shape index (κ3) is 4.53. The summed E-state index contributed by atoms with van der Waals surface area (Å²) >= 11 is 0. The molecule has 0 radical (unpaired) electrons. The second-order valence-corrected chi connectivity index (χ2v) is 6.28. The van der Waals surface area contributed by atoms with Crippen LogP contribution in [0, 0.1) is 0 Å². The number of ether oxygens (including phenoxy) is 2. The fraction of sp³-hybridized carbons (Fsp3) is 0.300. The Labute approximate surface area is 152 Å². The second-order valence-electron chi connectivity index (χ2n) is 6.28. The van der Waals surface area contributed by atoms with Crippen molar-refractivity contribution >= 4 is 11.8 Å². The molecule has 2 aromatic carbocycles. The summed E-state index contributed by atoms with van der Waals surface area (Å²) in [6.45, 7) is 0.514. The van der Waals surface area contributed by atoms with Crippen LogP contribution in [0.3, 0.4) is 0 Å². The maximum absolute atomic E-state index is 12.6. The van der Waals surface area contributed by atoms with Gasteiger partial charge in [-0.05, 0) is 54.8 Å². The van der Waals surface area contributed by atoms with E-state index < -0.39 is 5.91 Å². The van der Waals surface area contributed by atoms with Gasteiger partial charge in [0.15, 0.2) is 6.61 Å². The van der Waals surface area contributed by atoms with Gasteiger partial charge in [-0.15, -0.1) is 0 Å². The molecular weight excluding hydrogens is 332 g/mol. The number of carbonyl (C=O) groups is 2. The van der Waals surface area contributed by atoms with E-state index in [9.17, 15) is 9.59 Å². The Hall–Kier alpha value is -3.02. The van der Waals surface area contributed by atoms with Crippen LogP contribution in [0.4, 0.5) is 0 Å². The molecule has 0 spiro atoms. The van der Waals surface area contributed by atoms with Gasteiger partial charge in [0, 0.05) is 18.2 Å². The Morgan fingerprint density at radius 2 is 1.65 bits per heavy atom. The average Bonchev–Trinajstić information content (AvgIpc) is 3.50. The molecule has 1 saturated carbocycles. The number of nitrogens with two attached hydrogens (primary N) is 1. The van der Waals surface area contributed by atoms with Crippen LogP contribution in [-0.2, 0) is 11.3 Å². The lowest BCUT2D eigenvalue weighted by molar-refractivity contribution is -0.134. The van der Waals surface area contributed by atoms with Crippen molar-refractivity contribution in [2.75, 3.05) is 13.7 Å². The molecule has 6 heteroatoms. The van der Waals surface area contributed by atoms with Gasteiger partial charge in [-0.3, -0.25) is 9.59 Å². The molecule has 136 valence electrons. The summed E-state index contributed by atoms with van der Waals surface area (Å²) in [5.74, 6) is 0.777. The average molecular weight is 354 g/mol. The van der Waals surface area contributed by atoms with Crippen LogP contribution in [0.25, 0.3) is 0 Å². The molecule has 1 aliphatic carbocycles. The number of benzene rings is 2. The van der Waals surface area contributed by atoms with Crippen LogP contribution in [0.2, 0.25) is 0 Å². The summed E-state index contributed by atoms with van der Waals surface area (Å²) in [5.41, 5.74) is 6.67. The number of hydrogen-bond donors (Lipinski definition) is 1. The van der Waals surface area contributed by atoms with Gasteiger partial charge < -0.3 is 20.1 Å². The molecule has 0 unspecified atom stereocenters. The van der Waals surface area contributed by atoms with E-state index in [0.29, 0.717) is 17.9 Å². The molecule has 1 aliphatic rings. The van der Waals surface area contributed by atoms with E-state index in [2.05, 4.69) is 0 Å². The summed E-state index contributed by atoms with van der Waals surface area (Å²) in [4.78, 5) is 25.5. The molecule has 2 N–H and O–H groups in total. The fourth-order valence-corrected chi connectivity index (χ4v) is 2.68. The third-order valence-electron chi connectivity index (χ3n) is 4.32. The first-order valence-corrected chi connectivity index (χ1v) is 8.52. The van der Waals surface area contributed by atoms with Crippen molar-refractivity contribution in [2.24, 2.45) is 5.73 Å². The Morgan fingerprint density at radius 1 is 1.04 bits per heavy atom. The SMILES string of the molecule is COc1ccc(CN(C(=O)COc2ccc(C(N)=O)cc2)C2CC2)cc1. The highest BCUT2D eigenvalue weighted by molar-refractivity contribution is 5.92. The minimum absolute atomic E-state index is 0.0391. The molecule has 1 fully saturated rings. The maximum Gasteiger partial charge on any atom is 0.261 e. The van der Waals surface area contributed by atoms with E-state index in [1.807, 2.05) is 29.2 Å². The lowest BCUT2D eigenvalue weighted by Gasteiger charge is -2.23. The van der Waals surface area contributed by atoms with E-state index in [4.69, 9.17) is 15.2 Å². The highest BCUT2D eigenvalue weighted by atomic mass is 16.5. The molecule has 0 heterocycles. The van der Waals surface area contributed by atoms with Gasteiger partial charge in [0.25, 0.3) is 5.91 Å². The topological polar surface area (TPSA) is 81.9 Å². The molecule has 2 amide bonds. The smallest absolute Gasteiger partial charge is 0.261 e. The van der Waals surface area contributed by atoms with Crippen molar-refractivity contribution in [3.8, 4) is 11.5 Å². The van der Waals surface area contributed by atoms with Crippen molar-refractivity contribution in [3.05, 3.63) is 59.7 Å². The highest BCUT2D eigenvalue weighted by Gasteiger charge is 2.32. The number of primary amides is 1.